The molecule has 0 spiro atoms. The minimum absolute atomic E-state index is 0.100. The van der Waals surface area contributed by atoms with E-state index < -0.39 is 0 Å². The molecule has 2 heterocycles. The zero-order valence-electron chi connectivity index (χ0n) is 16.7. The first-order valence-corrected chi connectivity index (χ1v) is 11.3. The SMILES string of the molecule is O=C(NCC1CCN(Cc2cccs2)CC1)C(c1ccccc1)c1ccccc1. The van der Waals surface area contributed by atoms with Crippen LogP contribution in [0.2, 0.25) is 0 Å². The second kappa shape index (κ2) is 9.86. The van der Waals surface area contributed by atoms with E-state index >= 15 is 0 Å². The average Bonchev–Trinajstić information content (AvgIpc) is 3.28. The van der Waals surface area contributed by atoms with E-state index in [0.29, 0.717) is 5.92 Å². The highest BCUT2D eigenvalue weighted by Crippen LogP contribution is 2.25. The number of rotatable bonds is 7. The molecule has 3 nitrogen and oxygen atoms in total. The number of carbonyl (C=O) groups excluding carboxylic acids is 1. The third-order valence-electron chi connectivity index (χ3n) is 5.76. The van der Waals surface area contributed by atoms with Crippen LogP contribution in [0.1, 0.15) is 34.8 Å². The third kappa shape index (κ3) is 5.34. The molecule has 1 aliphatic heterocycles. The molecular formula is C25H28N2OS. The number of hydrogen-bond acceptors (Lipinski definition) is 3. The normalized spacial score (nSPS) is 15.5. The summed E-state index contributed by atoms with van der Waals surface area (Å²) in [5.41, 5.74) is 2.09. The number of piperidine rings is 1. The molecule has 1 aromatic heterocycles. The molecule has 150 valence electrons. The highest BCUT2D eigenvalue weighted by molar-refractivity contribution is 7.09. The van der Waals surface area contributed by atoms with Gasteiger partial charge in [0.2, 0.25) is 5.91 Å². The van der Waals surface area contributed by atoms with Gasteiger partial charge in [-0.3, -0.25) is 9.69 Å². The Morgan fingerprint density at radius 2 is 1.55 bits per heavy atom. The summed E-state index contributed by atoms with van der Waals surface area (Å²) in [5.74, 6) is 0.408. The molecule has 1 fully saturated rings. The van der Waals surface area contributed by atoms with Gasteiger partial charge in [0.05, 0.1) is 5.92 Å². The summed E-state index contributed by atoms with van der Waals surface area (Å²) < 4.78 is 0. The first kappa shape index (κ1) is 19.9. The molecule has 0 bridgehead atoms. The summed E-state index contributed by atoms with van der Waals surface area (Å²) >= 11 is 1.83. The van der Waals surface area contributed by atoms with E-state index in [1.807, 2.05) is 72.0 Å². The summed E-state index contributed by atoms with van der Waals surface area (Å²) in [6.45, 7) is 4.04. The molecule has 0 aliphatic carbocycles. The lowest BCUT2D eigenvalue weighted by molar-refractivity contribution is -0.121. The smallest absolute Gasteiger partial charge is 0.232 e. The summed E-state index contributed by atoms with van der Waals surface area (Å²) in [4.78, 5) is 17.1. The van der Waals surface area contributed by atoms with E-state index in [4.69, 9.17) is 0 Å². The molecule has 1 saturated heterocycles. The Labute approximate surface area is 177 Å². The Bertz CT molecular complexity index is 832. The fourth-order valence-electron chi connectivity index (χ4n) is 4.10. The van der Waals surface area contributed by atoms with Crippen LogP contribution in [0.5, 0.6) is 0 Å². The molecular weight excluding hydrogens is 376 g/mol. The summed E-state index contributed by atoms with van der Waals surface area (Å²) in [5, 5.41) is 5.40. The minimum Gasteiger partial charge on any atom is -0.355 e. The fraction of sp³-hybridized carbons (Fsp3) is 0.320. The van der Waals surface area contributed by atoms with Crippen molar-refractivity contribution in [1.29, 1.82) is 0 Å². The molecule has 3 aromatic rings. The molecule has 1 amide bonds. The van der Waals surface area contributed by atoms with Gasteiger partial charge in [-0.25, -0.2) is 0 Å². The van der Waals surface area contributed by atoms with Crippen LogP contribution in [-0.2, 0) is 11.3 Å². The van der Waals surface area contributed by atoms with Gasteiger partial charge in [-0.15, -0.1) is 11.3 Å². The van der Waals surface area contributed by atoms with Crippen molar-refractivity contribution in [3.63, 3.8) is 0 Å². The van der Waals surface area contributed by atoms with E-state index in [0.717, 1.165) is 50.1 Å². The first-order chi connectivity index (χ1) is 14.3. The number of thiophene rings is 1. The summed E-state index contributed by atoms with van der Waals surface area (Å²) in [6.07, 6.45) is 2.29. The summed E-state index contributed by atoms with van der Waals surface area (Å²) in [6, 6.07) is 24.5. The highest BCUT2D eigenvalue weighted by atomic mass is 32.1. The van der Waals surface area contributed by atoms with Crippen molar-refractivity contribution in [2.24, 2.45) is 5.92 Å². The van der Waals surface area contributed by atoms with Crippen molar-refractivity contribution in [2.75, 3.05) is 19.6 Å². The lowest BCUT2D eigenvalue weighted by atomic mass is 9.90. The van der Waals surface area contributed by atoms with Gasteiger partial charge in [0, 0.05) is 18.0 Å². The minimum atomic E-state index is -0.253. The maximum absolute atomic E-state index is 13.1. The Morgan fingerprint density at radius 1 is 0.931 bits per heavy atom. The molecule has 0 unspecified atom stereocenters. The number of benzene rings is 2. The molecule has 4 rings (SSSR count). The quantitative estimate of drug-likeness (QED) is 0.607. The van der Waals surface area contributed by atoms with Crippen LogP contribution in [0.4, 0.5) is 0 Å². The number of nitrogens with one attached hydrogen (secondary N) is 1. The Morgan fingerprint density at radius 3 is 2.10 bits per heavy atom. The van der Waals surface area contributed by atoms with E-state index in [1.165, 1.54) is 4.88 Å². The van der Waals surface area contributed by atoms with Crippen molar-refractivity contribution in [3.8, 4) is 0 Å². The Balaban J connectivity index is 1.33. The molecule has 0 radical (unpaired) electrons. The predicted octanol–water partition coefficient (Wildman–Crippen LogP) is 4.91. The number of hydrogen-bond donors (Lipinski definition) is 1. The lowest BCUT2D eigenvalue weighted by Gasteiger charge is -2.32. The van der Waals surface area contributed by atoms with Crippen LogP contribution >= 0.6 is 11.3 Å². The van der Waals surface area contributed by atoms with Gasteiger partial charge in [-0.2, -0.15) is 0 Å². The molecule has 1 aliphatic rings. The number of nitrogens with zero attached hydrogens (tertiary/aromatic N) is 1. The van der Waals surface area contributed by atoms with Crippen LogP contribution in [0.25, 0.3) is 0 Å². The monoisotopic (exact) mass is 404 g/mol. The topological polar surface area (TPSA) is 32.3 Å². The number of amides is 1. The molecule has 1 N–H and O–H groups in total. The van der Waals surface area contributed by atoms with Gasteiger partial charge in [-0.05, 0) is 54.4 Å². The standard InChI is InChI=1S/C25H28N2OS/c28-25(24(21-8-3-1-4-9-21)22-10-5-2-6-11-22)26-18-20-13-15-27(16-14-20)19-23-12-7-17-29-23/h1-12,17,20,24H,13-16,18-19H2,(H,26,28). The highest BCUT2D eigenvalue weighted by Gasteiger charge is 2.25. The van der Waals surface area contributed by atoms with Crippen molar-refractivity contribution in [2.45, 2.75) is 25.3 Å². The van der Waals surface area contributed by atoms with Crippen molar-refractivity contribution < 1.29 is 4.79 Å². The second-order valence-corrected chi connectivity index (χ2v) is 8.83. The van der Waals surface area contributed by atoms with Gasteiger partial charge in [0.15, 0.2) is 0 Å². The second-order valence-electron chi connectivity index (χ2n) is 7.80. The molecule has 29 heavy (non-hydrogen) atoms. The van der Waals surface area contributed by atoms with Gasteiger partial charge >= 0.3 is 0 Å². The zero-order chi connectivity index (χ0) is 19.9. The van der Waals surface area contributed by atoms with Crippen molar-refractivity contribution in [3.05, 3.63) is 94.2 Å². The van der Waals surface area contributed by atoms with E-state index in [1.54, 1.807) is 0 Å². The van der Waals surface area contributed by atoms with E-state index in [-0.39, 0.29) is 11.8 Å². The van der Waals surface area contributed by atoms with E-state index in [2.05, 4.69) is 27.7 Å². The van der Waals surface area contributed by atoms with Crippen LogP contribution in [0, 0.1) is 5.92 Å². The van der Waals surface area contributed by atoms with Crippen LogP contribution in [0.3, 0.4) is 0 Å². The maximum atomic E-state index is 13.1. The molecule has 4 heteroatoms. The summed E-state index contributed by atoms with van der Waals surface area (Å²) in [7, 11) is 0. The van der Waals surface area contributed by atoms with Crippen LogP contribution < -0.4 is 5.32 Å². The lowest BCUT2D eigenvalue weighted by Crippen LogP contribution is -2.39. The predicted molar refractivity (Wildman–Crippen MR) is 120 cm³/mol. The van der Waals surface area contributed by atoms with E-state index in [9.17, 15) is 4.79 Å². The van der Waals surface area contributed by atoms with Crippen LogP contribution in [-0.4, -0.2) is 30.4 Å². The van der Waals surface area contributed by atoms with Crippen molar-refractivity contribution in [1.82, 2.24) is 10.2 Å². The maximum Gasteiger partial charge on any atom is 0.232 e. The van der Waals surface area contributed by atoms with Gasteiger partial charge in [-0.1, -0.05) is 66.7 Å². The van der Waals surface area contributed by atoms with Crippen molar-refractivity contribution >= 4 is 17.2 Å². The average molecular weight is 405 g/mol. The molecule has 2 aromatic carbocycles. The zero-order valence-corrected chi connectivity index (χ0v) is 17.5. The first-order valence-electron chi connectivity index (χ1n) is 10.4. The van der Waals surface area contributed by atoms with Gasteiger partial charge in [0.25, 0.3) is 0 Å². The number of carbonyl (C=O) groups is 1. The van der Waals surface area contributed by atoms with Gasteiger partial charge < -0.3 is 5.32 Å². The Kier molecular flexibility index (Phi) is 6.75. The third-order valence-corrected chi connectivity index (χ3v) is 6.62. The fourth-order valence-corrected chi connectivity index (χ4v) is 4.85. The van der Waals surface area contributed by atoms with Gasteiger partial charge in [0.1, 0.15) is 0 Å². The number of likely N-dealkylation sites (tertiary alicyclic amines) is 1. The largest absolute Gasteiger partial charge is 0.355 e. The molecule has 0 saturated carbocycles. The Hall–Kier alpha value is -2.43. The van der Waals surface area contributed by atoms with Crippen LogP contribution in [0.15, 0.2) is 78.2 Å². The molecule has 0 atom stereocenters.